The Labute approximate surface area is 93.6 Å². The highest BCUT2D eigenvalue weighted by Gasteiger charge is 2.10. The molecule has 2 rings (SSSR count). The molecular formula is C10H9B2O4. The van der Waals surface area contributed by atoms with Crippen LogP contribution in [-0.4, -0.2) is 29.9 Å². The van der Waals surface area contributed by atoms with Crippen LogP contribution in [0, 0.1) is 0 Å². The highest BCUT2D eigenvalue weighted by Crippen LogP contribution is 2.19. The summed E-state index contributed by atoms with van der Waals surface area (Å²) in [5.41, 5.74) is 0.414. The third kappa shape index (κ3) is 2.19. The zero-order chi connectivity index (χ0) is 11.5. The Bertz CT molecular complexity index is 501. The first kappa shape index (κ1) is 11.0. The third-order valence-corrected chi connectivity index (χ3v) is 2.32. The van der Waals surface area contributed by atoms with E-state index in [1.54, 1.807) is 30.3 Å². The van der Waals surface area contributed by atoms with Crippen LogP contribution in [0.4, 0.5) is 0 Å². The van der Waals surface area contributed by atoms with Crippen molar-refractivity contribution >= 4 is 31.0 Å². The Kier molecular flexibility index (Phi) is 3.14. The van der Waals surface area contributed by atoms with E-state index in [9.17, 15) is 0 Å². The van der Waals surface area contributed by atoms with Crippen molar-refractivity contribution in [1.82, 2.24) is 0 Å². The number of benzene rings is 2. The lowest BCUT2D eigenvalue weighted by Gasteiger charge is -2.05. The molecule has 79 valence electrons. The summed E-state index contributed by atoms with van der Waals surface area (Å²) in [6.45, 7) is 0. The fraction of sp³-hybridized carbons (Fsp3) is 0. The molecule has 0 heterocycles. The van der Waals surface area contributed by atoms with E-state index < -0.39 is 7.12 Å². The van der Waals surface area contributed by atoms with Gasteiger partial charge in [-0.25, -0.2) is 0 Å². The summed E-state index contributed by atoms with van der Waals surface area (Å²) in [6, 6.07) is 10.3. The van der Waals surface area contributed by atoms with Crippen LogP contribution >= 0.6 is 0 Å². The Morgan fingerprint density at radius 3 is 2.44 bits per heavy atom. The van der Waals surface area contributed by atoms with Gasteiger partial charge in [0.1, 0.15) is 5.75 Å². The van der Waals surface area contributed by atoms with Crippen LogP contribution in [0.25, 0.3) is 10.8 Å². The smallest absolute Gasteiger partial charge is 0.537 e. The molecule has 0 bridgehead atoms. The van der Waals surface area contributed by atoms with E-state index in [4.69, 9.17) is 19.7 Å². The molecule has 0 unspecified atom stereocenters. The van der Waals surface area contributed by atoms with Crippen molar-refractivity contribution in [2.75, 3.05) is 0 Å². The molecule has 0 saturated carbocycles. The largest absolute Gasteiger partial charge is 0.569 e. The number of rotatable bonds is 3. The van der Waals surface area contributed by atoms with Crippen LogP contribution in [0.3, 0.4) is 0 Å². The van der Waals surface area contributed by atoms with Gasteiger partial charge in [0, 0.05) is 0 Å². The lowest BCUT2D eigenvalue weighted by Crippen LogP contribution is -2.29. The maximum absolute atomic E-state index is 9.03. The van der Waals surface area contributed by atoms with E-state index >= 15 is 0 Å². The van der Waals surface area contributed by atoms with E-state index in [-0.39, 0.29) is 0 Å². The summed E-state index contributed by atoms with van der Waals surface area (Å²) in [5.74, 6) is 0.486. The Morgan fingerprint density at radius 2 is 1.75 bits per heavy atom. The zero-order valence-corrected chi connectivity index (χ0v) is 8.37. The minimum absolute atomic E-state index is 0.414. The topological polar surface area (TPSA) is 69.9 Å². The molecule has 16 heavy (non-hydrogen) atoms. The SMILES string of the molecule is O[B]Oc1ccc2ccc(B(O)O)cc2c1. The second-order valence-corrected chi connectivity index (χ2v) is 3.37. The average molecular weight is 215 g/mol. The molecule has 2 aromatic rings. The number of fused-ring (bicyclic) bond motifs is 1. The van der Waals surface area contributed by atoms with Gasteiger partial charge in [-0.15, -0.1) is 0 Å². The van der Waals surface area contributed by atoms with E-state index in [0.717, 1.165) is 10.8 Å². The molecule has 1 radical (unpaired) electrons. The number of hydrogen-bond acceptors (Lipinski definition) is 4. The van der Waals surface area contributed by atoms with Crippen LogP contribution < -0.4 is 10.1 Å². The monoisotopic (exact) mass is 215 g/mol. The highest BCUT2D eigenvalue weighted by atomic mass is 16.5. The molecule has 3 N–H and O–H groups in total. The zero-order valence-electron chi connectivity index (χ0n) is 8.37. The summed E-state index contributed by atoms with van der Waals surface area (Å²) in [7, 11) is -0.885. The van der Waals surface area contributed by atoms with Gasteiger partial charge in [0.15, 0.2) is 0 Å². The Hall–Kier alpha value is -1.49. The maximum Gasteiger partial charge on any atom is 0.569 e. The van der Waals surface area contributed by atoms with Crippen molar-refractivity contribution in [3.8, 4) is 5.75 Å². The standard InChI is InChI=1S/C10H9B2O4/c13-11-16-10-4-2-7-1-3-9(12(14)15)5-8(7)6-10/h1-6,13-15H. The third-order valence-electron chi connectivity index (χ3n) is 2.32. The molecule has 0 atom stereocenters. The van der Waals surface area contributed by atoms with Crippen LogP contribution in [0.15, 0.2) is 36.4 Å². The molecule has 0 saturated heterocycles. The molecule has 0 aromatic heterocycles. The minimum Gasteiger partial charge on any atom is -0.537 e. The highest BCUT2D eigenvalue weighted by molar-refractivity contribution is 6.58. The fourth-order valence-corrected chi connectivity index (χ4v) is 1.54. The predicted molar refractivity (Wildman–Crippen MR) is 62.4 cm³/mol. The van der Waals surface area contributed by atoms with Crippen LogP contribution in [0.2, 0.25) is 0 Å². The van der Waals surface area contributed by atoms with Gasteiger partial charge in [0.25, 0.3) is 0 Å². The molecule has 0 aliphatic heterocycles. The van der Waals surface area contributed by atoms with Crippen molar-refractivity contribution in [2.45, 2.75) is 0 Å². The van der Waals surface area contributed by atoms with Crippen molar-refractivity contribution in [3.63, 3.8) is 0 Å². The molecule has 0 fully saturated rings. The average Bonchev–Trinajstić information content (AvgIpc) is 2.28. The van der Waals surface area contributed by atoms with Crippen molar-refractivity contribution in [1.29, 1.82) is 0 Å². The second kappa shape index (κ2) is 4.57. The molecule has 0 aliphatic carbocycles. The minimum atomic E-state index is -1.49. The fourth-order valence-electron chi connectivity index (χ4n) is 1.54. The van der Waals surface area contributed by atoms with Crippen molar-refractivity contribution in [3.05, 3.63) is 36.4 Å². The first-order valence-electron chi connectivity index (χ1n) is 4.73. The van der Waals surface area contributed by atoms with Crippen LogP contribution in [0.1, 0.15) is 0 Å². The first-order valence-corrected chi connectivity index (χ1v) is 4.73. The van der Waals surface area contributed by atoms with Gasteiger partial charge in [-0.1, -0.05) is 24.3 Å². The summed E-state index contributed by atoms with van der Waals surface area (Å²) in [6.07, 6.45) is 0. The van der Waals surface area contributed by atoms with Gasteiger partial charge >= 0.3 is 14.8 Å². The van der Waals surface area contributed by atoms with Crippen LogP contribution in [0.5, 0.6) is 5.75 Å². The molecule has 2 aromatic carbocycles. The summed E-state index contributed by atoms with van der Waals surface area (Å²) >= 11 is 0. The second-order valence-electron chi connectivity index (χ2n) is 3.37. The van der Waals surface area contributed by atoms with Crippen molar-refractivity contribution in [2.24, 2.45) is 0 Å². The quantitative estimate of drug-likeness (QED) is 0.599. The molecule has 0 aliphatic rings. The number of hydrogen-bond donors (Lipinski definition) is 3. The lowest BCUT2D eigenvalue weighted by molar-refractivity contribution is 0.426. The van der Waals surface area contributed by atoms with Gasteiger partial charge in [-0.3, -0.25) is 0 Å². The molecule has 6 heteroatoms. The Balaban J connectivity index is 2.48. The maximum atomic E-state index is 9.03. The predicted octanol–water partition coefficient (Wildman–Crippen LogP) is -0.575. The first-order chi connectivity index (χ1) is 7.70. The van der Waals surface area contributed by atoms with Gasteiger partial charge < -0.3 is 19.7 Å². The summed E-state index contributed by atoms with van der Waals surface area (Å²) in [5, 5.41) is 28.3. The summed E-state index contributed by atoms with van der Waals surface area (Å²) < 4.78 is 4.82. The van der Waals surface area contributed by atoms with Gasteiger partial charge in [0.2, 0.25) is 0 Å². The van der Waals surface area contributed by atoms with E-state index in [1.807, 2.05) is 6.07 Å². The summed E-state index contributed by atoms with van der Waals surface area (Å²) in [4.78, 5) is 0. The van der Waals surface area contributed by atoms with Gasteiger partial charge in [-0.2, -0.15) is 0 Å². The normalized spacial score (nSPS) is 10.2. The van der Waals surface area contributed by atoms with E-state index in [2.05, 4.69) is 0 Å². The molecule has 0 spiro atoms. The molecular weight excluding hydrogens is 206 g/mol. The van der Waals surface area contributed by atoms with Crippen molar-refractivity contribution < 1.29 is 19.7 Å². The Morgan fingerprint density at radius 1 is 1.00 bits per heavy atom. The lowest BCUT2D eigenvalue weighted by atomic mass is 9.79. The van der Waals surface area contributed by atoms with Gasteiger partial charge in [-0.05, 0) is 28.4 Å². The molecule has 4 nitrogen and oxygen atoms in total. The van der Waals surface area contributed by atoms with Gasteiger partial charge in [0.05, 0.1) is 0 Å². The van der Waals surface area contributed by atoms with E-state index in [0.29, 0.717) is 18.9 Å². The van der Waals surface area contributed by atoms with Crippen LogP contribution in [-0.2, 0) is 0 Å². The van der Waals surface area contributed by atoms with E-state index in [1.165, 1.54) is 0 Å². The molecule has 0 amide bonds.